The van der Waals surface area contributed by atoms with Crippen molar-refractivity contribution in [3.05, 3.63) is 51.8 Å². The number of amides is 2. The molecule has 3 N–H and O–H groups in total. The van der Waals surface area contributed by atoms with Gasteiger partial charge < -0.3 is 25.3 Å². The molecule has 0 bridgehead atoms. The number of ketones is 2. The van der Waals surface area contributed by atoms with E-state index >= 15 is 0 Å². The molecule has 1 aromatic heterocycles. The van der Waals surface area contributed by atoms with Crippen molar-refractivity contribution in [2.24, 2.45) is 0 Å². The van der Waals surface area contributed by atoms with Gasteiger partial charge in [-0.25, -0.2) is 0 Å². The van der Waals surface area contributed by atoms with Crippen LogP contribution in [0, 0.1) is 13.8 Å². The van der Waals surface area contributed by atoms with E-state index < -0.39 is 0 Å². The zero-order chi connectivity index (χ0) is 26.4. The van der Waals surface area contributed by atoms with Crippen LogP contribution in [0.25, 0.3) is 11.6 Å². The number of aryl methyl sites for hydroxylation is 1. The molecule has 0 fully saturated rings. The number of anilines is 1. The summed E-state index contributed by atoms with van der Waals surface area (Å²) in [5.41, 5.74) is 5.46. The second-order valence-corrected chi connectivity index (χ2v) is 9.26. The molecule has 1 aromatic carbocycles. The van der Waals surface area contributed by atoms with E-state index in [2.05, 4.69) is 34.4 Å². The fourth-order valence-corrected chi connectivity index (χ4v) is 4.48. The second kappa shape index (κ2) is 11.9. The molecule has 0 atom stereocenters. The molecule has 0 radical (unpaired) electrons. The van der Waals surface area contributed by atoms with Crippen LogP contribution in [0.2, 0.25) is 0 Å². The van der Waals surface area contributed by atoms with Crippen molar-refractivity contribution in [2.45, 2.75) is 53.9 Å². The summed E-state index contributed by atoms with van der Waals surface area (Å²) in [6, 6.07) is 5.46. The average molecular weight is 493 g/mol. The largest absolute Gasteiger partial charge is 0.358 e. The predicted octanol–water partition coefficient (Wildman–Crippen LogP) is 3.68. The maximum atomic E-state index is 12.9. The van der Waals surface area contributed by atoms with E-state index in [0.29, 0.717) is 34.6 Å². The van der Waals surface area contributed by atoms with Crippen LogP contribution in [-0.4, -0.2) is 59.4 Å². The van der Waals surface area contributed by atoms with Crippen molar-refractivity contribution in [2.75, 3.05) is 31.5 Å². The Labute approximate surface area is 212 Å². The standard InChI is InChI=1S/C28H36N4O4/c1-6-32(7-2)13-12-29-28(36)26-18(4)25(30-19(26)5)16-23-22-15-20(9-11-24(22)31-27(23)35)14-21(34)10-8-17(3)33/h9,11,15-16,30H,6-8,10,12-14H2,1-5H3,(H,29,36)(H,31,35)/b23-16-. The Balaban J connectivity index is 1.81. The molecule has 2 aromatic rings. The fourth-order valence-electron chi connectivity index (χ4n) is 4.48. The molecule has 8 heteroatoms. The van der Waals surface area contributed by atoms with E-state index in [-0.39, 0.29) is 42.6 Å². The van der Waals surface area contributed by atoms with E-state index in [0.717, 1.165) is 36.5 Å². The normalized spacial score (nSPS) is 13.7. The molecule has 1 aliphatic rings. The zero-order valence-electron chi connectivity index (χ0n) is 21.8. The summed E-state index contributed by atoms with van der Waals surface area (Å²) in [5, 5.41) is 5.87. The van der Waals surface area contributed by atoms with Crippen LogP contribution in [0.4, 0.5) is 5.69 Å². The molecule has 0 saturated carbocycles. The van der Waals surface area contributed by atoms with Gasteiger partial charge in [0.25, 0.3) is 11.8 Å². The minimum absolute atomic E-state index is 0.00845. The van der Waals surface area contributed by atoms with Crippen LogP contribution < -0.4 is 10.6 Å². The number of nitrogens with one attached hydrogen (secondary N) is 3. The first-order valence-electron chi connectivity index (χ1n) is 12.5. The summed E-state index contributed by atoms with van der Waals surface area (Å²) in [4.78, 5) is 54.6. The van der Waals surface area contributed by atoms with Crippen molar-refractivity contribution in [3.8, 4) is 0 Å². The van der Waals surface area contributed by atoms with Crippen LogP contribution in [0.1, 0.15) is 72.0 Å². The molecule has 0 aliphatic carbocycles. The lowest BCUT2D eigenvalue weighted by atomic mass is 9.98. The van der Waals surface area contributed by atoms with Gasteiger partial charge >= 0.3 is 0 Å². The number of benzene rings is 1. The van der Waals surface area contributed by atoms with Gasteiger partial charge in [0.05, 0.1) is 11.1 Å². The van der Waals surface area contributed by atoms with Crippen LogP contribution in [-0.2, 0) is 20.8 Å². The fraction of sp³-hybridized carbons (Fsp3) is 0.429. The SMILES string of the molecule is CCN(CC)CCNC(=O)c1c(C)[nH]c(/C=C2\C(=O)Nc3ccc(CC(=O)CCC(C)=O)cc32)c1C. The van der Waals surface area contributed by atoms with Gasteiger partial charge in [0, 0.05) is 55.0 Å². The smallest absolute Gasteiger partial charge is 0.256 e. The highest BCUT2D eigenvalue weighted by Crippen LogP contribution is 2.35. The number of carbonyl (C=O) groups is 4. The van der Waals surface area contributed by atoms with Crippen LogP contribution in [0.15, 0.2) is 18.2 Å². The number of aromatic amines is 1. The Kier molecular flexibility index (Phi) is 8.98. The van der Waals surface area contributed by atoms with Crippen molar-refractivity contribution >= 4 is 40.7 Å². The molecular weight excluding hydrogens is 456 g/mol. The lowest BCUT2D eigenvalue weighted by molar-refractivity contribution is -0.122. The number of Topliss-reactive ketones (excluding diaryl/α,β-unsaturated/α-hetero) is 2. The maximum absolute atomic E-state index is 12.9. The Morgan fingerprint density at radius 1 is 1.08 bits per heavy atom. The van der Waals surface area contributed by atoms with Gasteiger partial charge in [-0.1, -0.05) is 19.9 Å². The average Bonchev–Trinajstić information content (AvgIpc) is 3.29. The van der Waals surface area contributed by atoms with Gasteiger partial charge in [-0.15, -0.1) is 0 Å². The Hall–Kier alpha value is -3.52. The van der Waals surface area contributed by atoms with Crippen molar-refractivity contribution in [1.29, 1.82) is 0 Å². The van der Waals surface area contributed by atoms with Gasteiger partial charge in [-0.2, -0.15) is 0 Å². The number of fused-ring (bicyclic) bond motifs is 1. The van der Waals surface area contributed by atoms with E-state index in [4.69, 9.17) is 0 Å². The summed E-state index contributed by atoms with van der Waals surface area (Å²) in [6.07, 6.45) is 2.43. The highest BCUT2D eigenvalue weighted by molar-refractivity contribution is 6.35. The van der Waals surface area contributed by atoms with Crippen molar-refractivity contribution in [3.63, 3.8) is 0 Å². The summed E-state index contributed by atoms with van der Waals surface area (Å²) in [6.45, 7) is 12.6. The molecule has 2 amide bonds. The van der Waals surface area contributed by atoms with Crippen LogP contribution in [0.5, 0.6) is 0 Å². The quantitative estimate of drug-likeness (QED) is 0.392. The molecule has 1 aliphatic heterocycles. The predicted molar refractivity (Wildman–Crippen MR) is 142 cm³/mol. The molecule has 3 rings (SSSR count). The molecule has 0 saturated heterocycles. The topological polar surface area (TPSA) is 111 Å². The molecule has 2 heterocycles. The first kappa shape index (κ1) is 27.1. The number of hydrogen-bond acceptors (Lipinski definition) is 5. The molecule has 0 unspecified atom stereocenters. The summed E-state index contributed by atoms with van der Waals surface area (Å²) >= 11 is 0. The highest BCUT2D eigenvalue weighted by Gasteiger charge is 2.26. The first-order valence-corrected chi connectivity index (χ1v) is 12.5. The third-order valence-corrected chi connectivity index (χ3v) is 6.62. The van der Waals surface area contributed by atoms with Gasteiger partial charge in [0.1, 0.15) is 11.6 Å². The molecule has 192 valence electrons. The van der Waals surface area contributed by atoms with Crippen molar-refractivity contribution < 1.29 is 19.2 Å². The number of carbonyl (C=O) groups excluding carboxylic acids is 4. The molecule has 0 spiro atoms. The van der Waals surface area contributed by atoms with Crippen molar-refractivity contribution in [1.82, 2.24) is 15.2 Å². The van der Waals surface area contributed by atoms with Crippen LogP contribution >= 0.6 is 0 Å². The maximum Gasteiger partial charge on any atom is 0.256 e. The number of likely N-dealkylation sites (N-methyl/N-ethyl adjacent to an activating group) is 1. The van der Waals surface area contributed by atoms with E-state index in [1.165, 1.54) is 6.92 Å². The summed E-state index contributed by atoms with van der Waals surface area (Å²) < 4.78 is 0. The highest BCUT2D eigenvalue weighted by atomic mass is 16.2. The number of nitrogens with zero attached hydrogens (tertiary/aromatic N) is 1. The van der Waals surface area contributed by atoms with Gasteiger partial charge in [-0.3, -0.25) is 14.4 Å². The molecule has 8 nitrogen and oxygen atoms in total. The summed E-state index contributed by atoms with van der Waals surface area (Å²) in [7, 11) is 0. The minimum Gasteiger partial charge on any atom is -0.358 e. The number of H-pyrrole nitrogens is 1. The van der Waals surface area contributed by atoms with E-state index in [1.54, 1.807) is 12.1 Å². The van der Waals surface area contributed by atoms with Gasteiger partial charge in [-0.05, 0) is 63.2 Å². The van der Waals surface area contributed by atoms with Gasteiger partial charge in [0.15, 0.2) is 0 Å². The number of aromatic nitrogens is 1. The molecular formula is C28H36N4O4. The van der Waals surface area contributed by atoms with Gasteiger partial charge in [0.2, 0.25) is 0 Å². The monoisotopic (exact) mass is 492 g/mol. The second-order valence-electron chi connectivity index (χ2n) is 9.26. The third kappa shape index (κ3) is 6.37. The lowest BCUT2D eigenvalue weighted by Crippen LogP contribution is -2.35. The lowest BCUT2D eigenvalue weighted by Gasteiger charge is -2.18. The van der Waals surface area contributed by atoms with E-state index in [1.807, 2.05) is 26.0 Å². The third-order valence-electron chi connectivity index (χ3n) is 6.62. The zero-order valence-corrected chi connectivity index (χ0v) is 21.8. The number of hydrogen-bond donors (Lipinski definition) is 3. The first-order chi connectivity index (χ1) is 17.1. The Morgan fingerprint density at radius 3 is 2.47 bits per heavy atom. The number of rotatable bonds is 12. The van der Waals surface area contributed by atoms with E-state index in [9.17, 15) is 19.2 Å². The summed E-state index contributed by atoms with van der Waals surface area (Å²) in [5.74, 6) is -0.394. The minimum atomic E-state index is -0.234. The Morgan fingerprint density at radius 2 is 1.81 bits per heavy atom. The van der Waals surface area contributed by atoms with Crippen LogP contribution in [0.3, 0.4) is 0 Å². The molecule has 36 heavy (non-hydrogen) atoms. The Bertz CT molecular complexity index is 1200.